The van der Waals surface area contributed by atoms with Crippen molar-refractivity contribution in [3.63, 3.8) is 0 Å². The van der Waals surface area contributed by atoms with E-state index in [1.807, 2.05) is 6.08 Å². The van der Waals surface area contributed by atoms with Crippen molar-refractivity contribution >= 4 is 11.9 Å². The summed E-state index contributed by atoms with van der Waals surface area (Å²) >= 11 is 0. The first-order chi connectivity index (χ1) is 33.5. The van der Waals surface area contributed by atoms with E-state index in [2.05, 4.69) is 19.2 Å². The van der Waals surface area contributed by atoms with Gasteiger partial charge in [-0.3, -0.25) is 9.59 Å². The van der Waals surface area contributed by atoms with Crippen molar-refractivity contribution in [1.29, 1.82) is 0 Å². The highest BCUT2D eigenvalue weighted by atomic mass is 16.5. The minimum atomic E-state index is -0.848. The van der Waals surface area contributed by atoms with E-state index in [9.17, 15) is 19.8 Å². The fraction of sp³-hybridized carbons (Fsp3) is 0.935. The Morgan fingerprint density at radius 3 is 1.00 bits per heavy atom. The summed E-state index contributed by atoms with van der Waals surface area (Å²) in [4.78, 5) is 24.6. The van der Waals surface area contributed by atoms with Crippen LogP contribution in [0.1, 0.15) is 348 Å². The third kappa shape index (κ3) is 53.9. The second-order valence-electron chi connectivity index (χ2n) is 21.4. The van der Waals surface area contributed by atoms with Gasteiger partial charge in [-0.25, -0.2) is 0 Å². The van der Waals surface area contributed by atoms with Gasteiger partial charge in [0.1, 0.15) is 0 Å². The highest BCUT2D eigenvalue weighted by molar-refractivity contribution is 5.76. The third-order valence-corrected chi connectivity index (χ3v) is 14.6. The molecule has 0 fully saturated rings. The quantitative estimate of drug-likeness (QED) is 0.0321. The van der Waals surface area contributed by atoms with Crippen molar-refractivity contribution in [1.82, 2.24) is 5.32 Å². The van der Waals surface area contributed by atoms with E-state index in [1.165, 1.54) is 276 Å². The topological polar surface area (TPSA) is 95.9 Å². The Kier molecular flexibility index (Phi) is 57.0. The average molecular weight is 961 g/mol. The number of allylic oxidation sites excluding steroid dienone is 1. The highest BCUT2D eigenvalue weighted by Crippen LogP contribution is 2.18. The number of hydrogen-bond donors (Lipinski definition) is 3. The van der Waals surface area contributed by atoms with E-state index in [0.717, 1.165) is 44.9 Å². The summed E-state index contributed by atoms with van der Waals surface area (Å²) in [6, 6.07) is -0.632. The minimum Gasteiger partial charge on any atom is -0.466 e. The molecule has 1 amide bonds. The van der Waals surface area contributed by atoms with Gasteiger partial charge in [0.15, 0.2) is 0 Å². The number of amides is 1. The Morgan fingerprint density at radius 1 is 0.397 bits per heavy atom. The molecular weight excluding hydrogens is 839 g/mol. The molecule has 0 aliphatic carbocycles. The third-order valence-electron chi connectivity index (χ3n) is 14.6. The molecule has 0 aliphatic heterocycles. The van der Waals surface area contributed by atoms with Gasteiger partial charge in [0.25, 0.3) is 0 Å². The number of ether oxygens (including phenoxy) is 1. The lowest BCUT2D eigenvalue weighted by Crippen LogP contribution is -2.45. The zero-order valence-corrected chi connectivity index (χ0v) is 46.1. The zero-order valence-electron chi connectivity index (χ0n) is 46.1. The van der Waals surface area contributed by atoms with E-state index >= 15 is 0 Å². The van der Waals surface area contributed by atoms with Crippen LogP contribution in [0.4, 0.5) is 0 Å². The van der Waals surface area contributed by atoms with Gasteiger partial charge in [0.05, 0.1) is 25.4 Å². The van der Waals surface area contributed by atoms with Crippen molar-refractivity contribution in [2.75, 3.05) is 13.2 Å². The largest absolute Gasteiger partial charge is 0.466 e. The molecule has 0 radical (unpaired) electrons. The van der Waals surface area contributed by atoms with Crippen LogP contribution in [0.15, 0.2) is 12.2 Å². The summed E-state index contributed by atoms with van der Waals surface area (Å²) in [6.07, 6.45) is 69.6. The van der Waals surface area contributed by atoms with Crippen molar-refractivity contribution < 1.29 is 24.5 Å². The standard InChI is InChI=1S/C62H121NO5/c1-3-5-7-9-11-13-15-17-19-21-23-28-32-36-40-44-48-52-56-62(67)68-57-53-49-45-41-37-33-29-25-24-27-31-35-39-43-47-51-55-61(66)63-59(58-64)60(65)54-50-46-42-38-34-30-26-22-20-18-16-14-12-10-8-6-4-2/h50,54,59-60,64-65H,3-49,51-53,55-58H2,1-2H3,(H,63,66)/b54-50+. The number of unbranched alkanes of at least 4 members (excludes halogenated alkanes) is 47. The highest BCUT2D eigenvalue weighted by Gasteiger charge is 2.18. The van der Waals surface area contributed by atoms with Gasteiger partial charge in [-0.05, 0) is 32.1 Å². The maximum Gasteiger partial charge on any atom is 0.305 e. The van der Waals surface area contributed by atoms with E-state index < -0.39 is 12.1 Å². The van der Waals surface area contributed by atoms with E-state index in [1.54, 1.807) is 6.08 Å². The first-order valence-corrected chi connectivity index (χ1v) is 31.0. The van der Waals surface area contributed by atoms with Crippen LogP contribution in [0.25, 0.3) is 0 Å². The second kappa shape index (κ2) is 58.2. The van der Waals surface area contributed by atoms with Gasteiger partial charge >= 0.3 is 5.97 Å². The predicted octanol–water partition coefficient (Wildman–Crippen LogP) is 19.2. The van der Waals surface area contributed by atoms with Crippen molar-refractivity contribution in [2.45, 2.75) is 360 Å². The molecule has 2 atom stereocenters. The Balaban J connectivity index is 3.42. The monoisotopic (exact) mass is 960 g/mol. The first kappa shape index (κ1) is 66.6. The molecule has 0 bridgehead atoms. The van der Waals surface area contributed by atoms with Crippen LogP contribution in [0.5, 0.6) is 0 Å². The molecule has 3 N–H and O–H groups in total. The minimum absolute atomic E-state index is 0.00735. The Bertz CT molecular complexity index is 1020. The molecule has 68 heavy (non-hydrogen) atoms. The SMILES string of the molecule is CCCCCCCCCCCCCCCCC/C=C/C(O)C(CO)NC(=O)CCCCCCCCCCCCCCCCCCOC(=O)CCCCCCCCCCCCCCCCCCCC. The summed E-state index contributed by atoms with van der Waals surface area (Å²) < 4.78 is 5.50. The molecular formula is C62H121NO5. The number of carbonyl (C=O) groups is 2. The van der Waals surface area contributed by atoms with Crippen LogP contribution in [-0.4, -0.2) is 47.4 Å². The molecule has 0 spiro atoms. The molecule has 6 nitrogen and oxygen atoms in total. The molecule has 0 aliphatic rings. The maximum atomic E-state index is 12.5. The van der Waals surface area contributed by atoms with Crippen molar-refractivity contribution in [3.05, 3.63) is 12.2 Å². The van der Waals surface area contributed by atoms with Gasteiger partial charge in [0, 0.05) is 12.8 Å². The molecule has 0 saturated carbocycles. The van der Waals surface area contributed by atoms with Gasteiger partial charge in [0.2, 0.25) is 5.91 Å². The Morgan fingerprint density at radius 2 is 0.676 bits per heavy atom. The first-order valence-electron chi connectivity index (χ1n) is 31.0. The summed E-state index contributed by atoms with van der Waals surface area (Å²) in [5.74, 6) is -0.0643. The smallest absolute Gasteiger partial charge is 0.305 e. The lowest BCUT2D eigenvalue weighted by molar-refractivity contribution is -0.143. The number of aliphatic hydroxyl groups is 2. The van der Waals surface area contributed by atoms with Crippen LogP contribution in [0.2, 0.25) is 0 Å². The second-order valence-corrected chi connectivity index (χ2v) is 21.4. The number of rotatable bonds is 58. The summed E-state index contributed by atoms with van der Waals surface area (Å²) in [7, 11) is 0. The Hall–Kier alpha value is -1.40. The van der Waals surface area contributed by atoms with Crippen LogP contribution in [-0.2, 0) is 14.3 Å². The fourth-order valence-electron chi connectivity index (χ4n) is 9.81. The number of carbonyl (C=O) groups excluding carboxylic acids is 2. The van der Waals surface area contributed by atoms with Crippen molar-refractivity contribution in [2.24, 2.45) is 0 Å². The average Bonchev–Trinajstić information content (AvgIpc) is 3.34. The van der Waals surface area contributed by atoms with E-state index in [-0.39, 0.29) is 18.5 Å². The van der Waals surface area contributed by atoms with Crippen LogP contribution >= 0.6 is 0 Å². The number of aliphatic hydroxyl groups excluding tert-OH is 2. The Labute approximate surface area is 425 Å². The lowest BCUT2D eigenvalue weighted by Gasteiger charge is -2.20. The summed E-state index contributed by atoms with van der Waals surface area (Å²) in [5.41, 5.74) is 0. The van der Waals surface area contributed by atoms with Gasteiger partial charge in [-0.2, -0.15) is 0 Å². The predicted molar refractivity (Wildman–Crippen MR) is 297 cm³/mol. The van der Waals surface area contributed by atoms with Gasteiger partial charge in [-0.15, -0.1) is 0 Å². The van der Waals surface area contributed by atoms with Crippen molar-refractivity contribution in [3.8, 4) is 0 Å². The van der Waals surface area contributed by atoms with Crippen LogP contribution < -0.4 is 5.32 Å². The van der Waals surface area contributed by atoms with Crippen LogP contribution in [0, 0.1) is 0 Å². The molecule has 6 heteroatoms. The molecule has 404 valence electrons. The molecule has 0 saturated heterocycles. The number of nitrogens with one attached hydrogen (secondary N) is 1. The maximum absolute atomic E-state index is 12.5. The molecule has 0 aromatic heterocycles. The number of hydrogen-bond acceptors (Lipinski definition) is 5. The normalized spacial score (nSPS) is 12.6. The fourth-order valence-corrected chi connectivity index (χ4v) is 9.81. The molecule has 0 aromatic rings. The van der Waals surface area contributed by atoms with E-state index in [4.69, 9.17) is 4.74 Å². The van der Waals surface area contributed by atoms with Gasteiger partial charge in [-0.1, -0.05) is 315 Å². The molecule has 2 unspecified atom stereocenters. The van der Waals surface area contributed by atoms with Gasteiger partial charge < -0.3 is 20.3 Å². The van der Waals surface area contributed by atoms with E-state index in [0.29, 0.717) is 19.4 Å². The number of esters is 1. The zero-order chi connectivity index (χ0) is 49.3. The lowest BCUT2D eigenvalue weighted by atomic mass is 10.0. The molecule has 0 aromatic carbocycles. The summed E-state index contributed by atoms with van der Waals surface area (Å²) in [5, 5.41) is 23.2. The summed E-state index contributed by atoms with van der Waals surface area (Å²) in [6.45, 7) is 4.92. The molecule has 0 rings (SSSR count). The van der Waals surface area contributed by atoms with Crippen LogP contribution in [0.3, 0.4) is 0 Å². The molecule has 0 heterocycles.